The van der Waals surface area contributed by atoms with Crippen molar-refractivity contribution in [2.75, 3.05) is 6.61 Å². The van der Waals surface area contributed by atoms with Crippen molar-refractivity contribution in [2.24, 2.45) is 0 Å². The number of rotatable bonds is 3. The summed E-state index contributed by atoms with van der Waals surface area (Å²) in [6.07, 6.45) is 0. The van der Waals surface area contributed by atoms with E-state index >= 15 is 0 Å². The Morgan fingerprint density at radius 2 is 2.05 bits per heavy atom. The van der Waals surface area contributed by atoms with Crippen LogP contribution in [0.25, 0.3) is 5.69 Å². The van der Waals surface area contributed by atoms with E-state index in [1.54, 1.807) is 6.92 Å². The number of pyridine rings is 1. The van der Waals surface area contributed by atoms with Gasteiger partial charge in [0.1, 0.15) is 23.1 Å². The molecule has 0 bridgehead atoms. The van der Waals surface area contributed by atoms with Gasteiger partial charge in [-0.2, -0.15) is 5.26 Å². The Bertz CT molecular complexity index is 822. The van der Waals surface area contributed by atoms with Gasteiger partial charge < -0.3 is 4.74 Å². The lowest BCUT2D eigenvalue weighted by Crippen LogP contribution is -2.29. The highest BCUT2D eigenvalue weighted by atomic mass is 127. The Morgan fingerprint density at radius 3 is 2.59 bits per heavy atom. The number of carbonyl (C=O) groups is 1. The lowest BCUT2D eigenvalue weighted by atomic mass is 10.2. The number of hydrogen-bond donors (Lipinski definition) is 0. The number of nitriles is 1. The van der Waals surface area contributed by atoms with Crippen molar-refractivity contribution in [3.63, 3.8) is 0 Å². The largest absolute Gasteiger partial charge is 0.462 e. The van der Waals surface area contributed by atoms with Gasteiger partial charge in [0.25, 0.3) is 5.56 Å². The molecule has 0 N–H and O–H groups in total. The van der Waals surface area contributed by atoms with Gasteiger partial charge in [-0.1, -0.05) is 0 Å². The van der Waals surface area contributed by atoms with Crippen LogP contribution in [0.4, 0.5) is 4.39 Å². The second-order valence-corrected chi connectivity index (χ2v) is 5.37. The maximum Gasteiger partial charge on any atom is 0.343 e. The van der Waals surface area contributed by atoms with Crippen molar-refractivity contribution >= 4 is 28.6 Å². The molecule has 0 saturated carbocycles. The van der Waals surface area contributed by atoms with Crippen LogP contribution in [0.5, 0.6) is 0 Å². The van der Waals surface area contributed by atoms with Crippen LogP contribution in [-0.4, -0.2) is 17.1 Å². The molecular weight excluding hydrogens is 402 g/mol. The quantitative estimate of drug-likeness (QED) is 0.574. The van der Waals surface area contributed by atoms with Crippen molar-refractivity contribution in [2.45, 2.75) is 6.92 Å². The Labute approximate surface area is 139 Å². The standard InChI is InChI=1S/C15H10FIN2O3/c1-2-22-15(21)11-7-12(17)13(8-18)19(14(11)20)10-5-3-9(16)4-6-10/h3-7H,2H2,1H3. The topological polar surface area (TPSA) is 72.1 Å². The molecule has 112 valence electrons. The first-order chi connectivity index (χ1) is 10.5. The molecule has 0 amide bonds. The number of carbonyl (C=O) groups excluding carboxylic acids is 1. The number of esters is 1. The minimum Gasteiger partial charge on any atom is -0.462 e. The molecule has 0 spiro atoms. The SMILES string of the molecule is CCOC(=O)c1cc(I)c(C#N)n(-c2ccc(F)cc2)c1=O. The minimum absolute atomic E-state index is 0.0743. The van der Waals surface area contributed by atoms with Gasteiger partial charge in [-0.05, 0) is 59.8 Å². The maximum absolute atomic E-state index is 13.0. The van der Waals surface area contributed by atoms with Gasteiger partial charge in [0.05, 0.1) is 12.3 Å². The van der Waals surface area contributed by atoms with Crippen molar-refractivity contribution in [3.8, 4) is 11.8 Å². The summed E-state index contributed by atoms with van der Waals surface area (Å²) in [5.74, 6) is -1.22. The van der Waals surface area contributed by atoms with Crippen LogP contribution in [0.1, 0.15) is 23.0 Å². The van der Waals surface area contributed by atoms with Crippen molar-refractivity contribution in [3.05, 3.63) is 61.3 Å². The van der Waals surface area contributed by atoms with Gasteiger partial charge in [-0.25, -0.2) is 9.18 Å². The van der Waals surface area contributed by atoms with Gasteiger partial charge in [0.15, 0.2) is 0 Å². The van der Waals surface area contributed by atoms with Gasteiger partial charge in [0.2, 0.25) is 0 Å². The summed E-state index contributed by atoms with van der Waals surface area (Å²) >= 11 is 1.86. The first kappa shape index (κ1) is 16.2. The summed E-state index contributed by atoms with van der Waals surface area (Å²) in [6, 6.07) is 8.32. The summed E-state index contributed by atoms with van der Waals surface area (Å²) in [5.41, 5.74) is -0.478. The molecule has 22 heavy (non-hydrogen) atoms. The van der Waals surface area contributed by atoms with Gasteiger partial charge in [0, 0.05) is 3.57 Å². The lowest BCUT2D eigenvalue weighted by Gasteiger charge is -2.12. The highest BCUT2D eigenvalue weighted by Gasteiger charge is 2.20. The fraction of sp³-hybridized carbons (Fsp3) is 0.133. The summed E-state index contributed by atoms with van der Waals surface area (Å²) in [5, 5.41) is 9.27. The van der Waals surface area contributed by atoms with E-state index in [1.165, 1.54) is 30.3 Å². The first-order valence-electron chi connectivity index (χ1n) is 6.28. The normalized spacial score (nSPS) is 10.1. The minimum atomic E-state index is -0.759. The summed E-state index contributed by atoms with van der Waals surface area (Å²) in [6.45, 7) is 1.76. The molecule has 0 fully saturated rings. The predicted molar refractivity (Wildman–Crippen MR) is 85.4 cm³/mol. The monoisotopic (exact) mass is 412 g/mol. The van der Waals surface area contributed by atoms with E-state index in [9.17, 15) is 19.2 Å². The van der Waals surface area contributed by atoms with E-state index < -0.39 is 17.3 Å². The molecular formula is C15H10FIN2O3. The van der Waals surface area contributed by atoms with Crippen molar-refractivity contribution in [1.29, 1.82) is 5.26 Å². The van der Waals surface area contributed by atoms with Crippen LogP contribution >= 0.6 is 22.6 Å². The number of aromatic nitrogens is 1. The fourth-order valence-electron chi connectivity index (χ4n) is 1.88. The van der Waals surface area contributed by atoms with E-state index in [0.29, 0.717) is 9.26 Å². The zero-order chi connectivity index (χ0) is 16.3. The molecule has 5 nitrogen and oxygen atoms in total. The Hall–Kier alpha value is -2.21. The molecule has 1 heterocycles. The zero-order valence-corrected chi connectivity index (χ0v) is 13.6. The third-order valence-electron chi connectivity index (χ3n) is 2.84. The fourth-order valence-corrected chi connectivity index (χ4v) is 2.55. The van der Waals surface area contributed by atoms with Crippen LogP contribution in [0, 0.1) is 20.7 Å². The summed E-state index contributed by atoms with van der Waals surface area (Å²) < 4.78 is 19.4. The Kier molecular flexibility index (Phi) is 4.92. The van der Waals surface area contributed by atoms with E-state index in [-0.39, 0.29) is 17.9 Å². The highest BCUT2D eigenvalue weighted by molar-refractivity contribution is 14.1. The van der Waals surface area contributed by atoms with Crippen LogP contribution in [0.15, 0.2) is 35.1 Å². The molecule has 0 unspecified atom stereocenters. The Morgan fingerprint density at radius 1 is 1.41 bits per heavy atom. The molecule has 0 aliphatic carbocycles. The lowest BCUT2D eigenvalue weighted by molar-refractivity contribution is 0.0523. The highest BCUT2D eigenvalue weighted by Crippen LogP contribution is 2.17. The average molecular weight is 412 g/mol. The molecule has 7 heteroatoms. The number of ether oxygens (including phenoxy) is 1. The average Bonchev–Trinajstić information content (AvgIpc) is 2.50. The number of benzene rings is 1. The molecule has 0 saturated heterocycles. The van der Waals surface area contributed by atoms with E-state index in [1.807, 2.05) is 28.7 Å². The number of hydrogen-bond acceptors (Lipinski definition) is 4. The molecule has 2 aromatic rings. The van der Waals surface area contributed by atoms with E-state index in [4.69, 9.17) is 4.74 Å². The maximum atomic E-state index is 13.0. The first-order valence-corrected chi connectivity index (χ1v) is 7.36. The molecule has 0 aliphatic heterocycles. The van der Waals surface area contributed by atoms with Gasteiger partial charge >= 0.3 is 5.97 Å². The summed E-state index contributed by atoms with van der Waals surface area (Å²) in [4.78, 5) is 24.4. The number of halogens is 2. The molecule has 2 rings (SSSR count). The second kappa shape index (κ2) is 6.70. The smallest absolute Gasteiger partial charge is 0.343 e. The Balaban J connectivity index is 2.76. The van der Waals surface area contributed by atoms with Gasteiger partial charge in [-0.15, -0.1) is 0 Å². The predicted octanol–water partition coefficient (Wildman–Crippen LogP) is 2.63. The molecule has 0 aliphatic rings. The third kappa shape index (κ3) is 3.01. The zero-order valence-electron chi connectivity index (χ0n) is 11.5. The second-order valence-electron chi connectivity index (χ2n) is 4.20. The van der Waals surface area contributed by atoms with Crippen LogP contribution in [0.3, 0.4) is 0 Å². The third-order valence-corrected chi connectivity index (χ3v) is 3.66. The summed E-state index contributed by atoms with van der Waals surface area (Å²) in [7, 11) is 0. The van der Waals surface area contributed by atoms with E-state index in [2.05, 4.69) is 0 Å². The molecule has 1 aromatic carbocycles. The molecule has 0 radical (unpaired) electrons. The van der Waals surface area contributed by atoms with Crippen LogP contribution in [-0.2, 0) is 4.74 Å². The molecule has 0 atom stereocenters. The van der Waals surface area contributed by atoms with Crippen molar-refractivity contribution in [1.82, 2.24) is 4.57 Å². The van der Waals surface area contributed by atoms with E-state index in [0.717, 1.165) is 4.57 Å². The van der Waals surface area contributed by atoms with Crippen LogP contribution in [0.2, 0.25) is 0 Å². The van der Waals surface area contributed by atoms with Crippen molar-refractivity contribution < 1.29 is 13.9 Å². The van der Waals surface area contributed by atoms with Crippen LogP contribution < -0.4 is 5.56 Å². The van der Waals surface area contributed by atoms with Gasteiger partial charge in [-0.3, -0.25) is 9.36 Å². The number of nitrogens with zero attached hydrogens (tertiary/aromatic N) is 2. The molecule has 1 aromatic heterocycles.